The van der Waals surface area contributed by atoms with Gasteiger partial charge in [0.15, 0.2) is 0 Å². The molecule has 0 bridgehead atoms. The summed E-state index contributed by atoms with van der Waals surface area (Å²) in [6.07, 6.45) is 1.88. The number of carbonyl (C=O) groups excluding carboxylic acids is 1. The third kappa shape index (κ3) is 3.94. The molecular formula is C19H25F2NO2. The molecule has 132 valence electrons. The first-order chi connectivity index (χ1) is 11.5. The van der Waals surface area contributed by atoms with Crippen molar-refractivity contribution in [3.8, 4) is 0 Å². The van der Waals surface area contributed by atoms with E-state index in [1.54, 1.807) is 0 Å². The van der Waals surface area contributed by atoms with Crippen molar-refractivity contribution in [1.29, 1.82) is 0 Å². The molecule has 1 aromatic carbocycles. The zero-order valence-electron chi connectivity index (χ0n) is 13.8. The lowest BCUT2D eigenvalue weighted by molar-refractivity contribution is -0.141. The number of hydrogen-bond acceptors (Lipinski definition) is 2. The van der Waals surface area contributed by atoms with Gasteiger partial charge in [-0.05, 0) is 37.7 Å². The predicted octanol–water partition coefficient (Wildman–Crippen LogP) is 3.93. The van der Waals surface area contributed by atoms with Gasteiger partial charge in [0.2, 0.25) is 11.8 Å². The molecule has 3 rings (SSSR count). The molecular weight excluding hydrogens is 312 g/mol. The fourth-order valence-electron chi connectivity index (χ4n) is 3.96. The number of rotatable bonds is 4. The normalized spacial score (nSPS) is 25.6. The number of carbonyl (C=O) groups is 1. The second-order valence-electron chi connectivity index (χ2n) is 7.12. The van der Waals surface area contributed by atoms with Crippen LogP contribution in [0.2, 0.25) is 0 Å². The summed E-state index contributed by atoms with van der Waals surface area (Å²) < 4.78 is 26.6. The van der Waals surface area contributed by atoms with Crippen molar-refractivity contribution in [2.75, 3.05) is 6.54 Å². The number of halogens is 2. The molecule has 0 spiro atoms. The Labute approximate surface area is 141 Å². The largest absolute Gasteiger partial charge is 0.388 e. The SMILES string of the molecule is O=C(C1CCC(F)(F)CC1)N1CCC[C@@H]1C[C@@H](O)c1ccccc1. The quantitative estimate of drug-likeness (QED) is 0.904. The van der Waals surface area contributed by atoms with Gasteiger partial charge in [-0.1, -0.05) is 30.3 Å². The average Bonchev–Trinajstić information content (AvgIpc) is 3.03. The first kappa shape index (κ1) is 17.3. The Kier molecular flexibility index (Phi) is 5.18. The molecule has 2 aliphatic rings. The van der Waals surface area contributed by atoms with Crippen molar-refractivity contribution in [1.82, 2.24) is 4.90 Å². The van der Waals surface area contributed by atoms with Gasteiger partial charge in [0, 0.05) is 31.3 Å². The number of likely N-dealkylation sites (tertiary alicyclic amines) is 1. The van der Waals surface area contributed by atoms with Gasteiger partial charge >= 0.3 is 0 Å². The molecule has 1 aliphatic heterocycles. The standard InChI is InChI=1S/C19H25F2NO2/c20-19(21)10-8-15(9-11-19)18(24)22-12-4-7-16(22)13-17(23)14-5-2-1-3-6-14/h1-3,5-6,15-17,23H,4,7-13H2/t16-,17-/m1/s1. The Hall–Kier alpha value is -1.49. The minimum atomic E-state index is -2.61. The summed E-state index contributed by atoms with van der Waals surface area (Å²) in [6, 6.07) is 9.45. The maximum Gasteiger partial charge on any atom is 0.248 e. The molecule has 0 aromatic heterocycles. The highest BCUT2D eigenvalue weighted by molar-refractivity contribution is 5.79. The van der Waals surface area contributed by atoms with Crippen molar-refractivity contribution in [3.63, 3.8) is 0 Å². The monoisotopic (exact) mass is 337 g/mol. The molecule has 1 amide bonds. The number of alkyl halides is 2. The zero-order chi connectivity index (χ0) is 17.2. The molecule has 1 aliphatic carbocycles. The first-order valence-electron chi connectivity index (χ1n) is 8.87. The highest BCUT2D eigenvalue weighted by atomic mass is 19.3. The van der Waals surface area contributed by atoms with Crippen LogP contribution in [0.25, 0.3) is 0 Å². The van der Waals surface area contributed by atoms with Crippen molar-refractivity contribution >= 4 is 5.91 Å². The number of aliphatic hydroxyl groups is 1. The van der Waals surface area contributed by atoms with Crippen LogP contribution in [-0.2, 0) is 4.79 Å². The van der Waals surface area contributed by atoms with Gasteiger partial charge in [-0.25, -0.2) is 8.78 Å². The average molecular weight is 337 g/mol. The van der Waals surface area contributed by atoms with E-state index in [0.717, 1.165) is 18.4 Å². The number of benzene rings is 1. The fourth-order valence-corrected chi connectivity index (χ4v) is 3.96. The van der Waals surface area contributed by atoms with E-state index in [4.69, 9.17) is 0 Å². The molecule has 1 heterocycles. The molecule has 2 fully saturated rings. The van der Waals surface area contributed by atoms with Gasteiger partial charge in [0.25, 0.3) is 0 Å². The second-order valence-corrected chi connectivity index (χ2v) is 7.12. The second kappa shape index (κ2) is 7.18. The maximum atomic E-state index is 13.3. The van der Waals surface area contributed by atoms with E-state index in [1.165, 1.54) is 0 Å². The van der Waals surface area contributed by atoms with Gasteiger partial charge < -0.3 is 10.0 Å². The molecule has 1 saturated carbocycles. The molecule has 0 radical (unpaired) electrons. The number of amides is 1. The van der Waals surface area contributed by atoms with E-state index in [1.807, 2.05) is 35.2 Å². The molecule has 5 heteroatoms. The highest BCUT2D eigenvalue weighted by Crippen LogP contribution is 2.38. The number of hydrogen-bond donors (Lipinski definition) is 1. The van der Waals surface area contributed by atoms with Crippen molar-refractivity contribution in [3.05, 3.63) is 35.9 Å². The van der Waals surface area contributed by atoms with Crippen LogP contribution < -0.4 is 0 Å². The van der Waals surface area contributed by atoms with Gasteiger partial charge in [-0.3, -0.25) is 4.79 Å². The Morgan fingerprint density at radius 2 is 1.88 bits per heavy atom. The van der Waals surface area contributed by atoms with E-state index in [9.17, 15) is 18.7 Å². The van der Waals surface area contributed by atoms with E-state index >= 15 is 0 Å². The minimum Gasteiger partial charge on any atom is -0.388 e. The van der Waals surface area contributed by atoms with Crippen LogP contribution in [0, 0.1) is 5.92 Å². The lowest BCUT2D eigenvalue weighted by Gasteiger charge is -2.33. The van der Waals surface area contributed by atoms with E-state index in [-0.39, 0.29) is 43.6 Å². The summed E-state index contributed by atoms with van der Waals surface area (Å²) in [5, 5.41) is 10.4. The topological polar surface area (TPSA) is 40.5 Å². The molecule has 0 unspecified atom stereocenters. The van der Waals surface area contributed by atoms with Crippen LogP contribution in [0.1, 0.15) is 56.6 Å². The van der Waals surface area contributed by atoms with Crippen LogP contribution in [0.4, 0.5) is 8.78 Å². The fraction of sp³-hybridized carbons (Fsp3) is 0.632. The van der Waals surface area contributed by atoms with Gasteiger partial charge in [-0.2, -0.15) is 0 Å². The van der Waals surface area contributed by atoms with E-state index < -0.39 is 12.0 Å². The van der Waals surface area contributed by atoms with Gasteiger partial charge in [0.05, 0.1) is 6.10 Å². The van der Waals surface area contributed by atoms with Crippen LogP contribution in [-0.4, -0.2) is 34.4 Å². The van der Waals surface area contributed by atoms with E-state index in [0.29, 0.717) is 13.0 Å². The predicted molar refractivity (Wildman–Crippen MR) is 87.7 cm³/mol. The smallest absolute Gasteiger partial charge is 0.248 e. The van der Waals surface area contributed by atoms with Crippen LogP contribution in [0.15, 0.2) is 30.3 Å². The third-order valence-electron chi connectivity index (χ3n) is 5.41. The van der Waals surface area contributed by atoms with E-state index in [2.05, 4.69) is 0 Å². The van der Waals surface area contributed by atoms with Crippen LogP contribution in [0.5, 0.6) is 0 Å². The first-order valence-corrected chi connectivity index (χ1v) is 8.87. The lowest BCUT2D eigenvalue weighted by Crippen LogP contribution is -2.42. The Morgan fingerprint density at radius 3 is 2.54 bits per heavy atom. The van der Waals surface area contributed by atoms with Crippen molar-refractivity contribution in [2.24, 2.45) is 5.92 Å². The molecule has 24 heavy (non-hydrogen) atoms. The lowest BCUT2D eigenvalue weighted by atomic mass is 9.85. The summed E-state index contributed by atoms with van der Waals surface area (Å²) in [4.78, 5) is 14.6. The van der Waals surface area contributed by atoms with Crippen LogP contribution >= 0.6 is 0 Å². The molecule has 1 aromatic rings. The summed E-state index contributed by atoms with van der Waals surface area (Å²) in [5.41, 5.74) is 0.856. The molecule has 1 N–H and O–H groups in total. The Balaban J connectivity index is 1.60. The molecule has 1 saturated heterocycles. The number of nitrogens with zero attached hydrogens (tertiary/aromatic N) is 1. The van der Waals surface area contributed by atoms with Crippen LogP contribution in [0.3, 0.4) is 0 Å². The van der Waals surface area contributed by atoms with Crippen molar-refractivity contribution in [2.45, 2.75) is 63.0 Å². The number of aliphatic hydroxyl groups excluding tert-OH is 1. The summed E-state index contributed by atoms with van der Waals surface area (Å²) in [5.74, 6) is -2.88. The zero-order valence-corrected chi connectivity index (χ0v) is 13.8. The molecule has 2 atom stereocenters. The summed E-state index contributed by atoms with van der Waals surface area (Å²) in [7, 11) is 0. The molecule has 3 nitrogen and oxygen atoms in total. The Bertz CT molecular complexity index is 554. The van der Waals surface area contributed by atoms with Gasteiger partial charge in [0.1, 0.15) is 0 Å². The summed E-state index contributed by atoms with van der Waals surface area (Å²) >= 11 is 0. The van der Waals surface area contributed by atoms with Crippen molar-refractivity contribution < 1.29 is 18.7 Å². The highest BCUT2D eigenvalue weighted by Gasteiger charge is 2.40. The summed E-state index contributed by atoms with van der Waals surface area (Å²) in [6.45, 7) is 0.678. The Morgan fingerprint density at radius 1 is 1.21 bits per heavy atom. The third-order valence-corrected chi connectivity index (χ3v) is 5.41. The van der Waals surface area contributed by atoms with Gasteiger partial charge in [-0.15, -0.1) is 0 Å². The maximum absolute atomic E-state index is 13.3. The minimum absolute atomic E-state index is 0.00765.